The van der Waals surface area contributed by atoms with Gasteiger partial charge in [-0.1, -0.05) is 17.7 Å². The van der Waals surface area contributed by atoms with Crippen molar-refractivity contribution in [3.8, 4) is 0 Å². The molecule has 0 fully saturated rings. The molecule has 1 amide bonds. The minimum atomic E-state index is -0.774. The van der Waals surface area contributed by atoms with E-state index in [0.717, 1.165) is 17.7 Å². The summed E-state index contributed by atoms with van der Waals surface area (Å²) in [5, 5.41) is 5.89. The predicted octanol–water partition coefficient (Wildman–Crippen LogP) is 4.71. The van der Waals surface area contributed by atoms with Gasteiger partial charge < -0.3 is 10.6 Å². The highest BCUT2D eigenvalue weighted by Gasteiger charge is 2.12. The van der Waals surface area contributed by atoms with Crippen LogP contribution < -0.4 is 10.6 Å². The van der Waals surface area contributed by atoms with E-state index in [-0.39, 0.29) is 17.2 Å². The van der Waals surface area contributed by atoms with Crippen LogP contribution in [0.2, 0.25) is 5.02 Å². The van der Waals surface area contributed by atoms with Crippen LogP contribution in [0, 0.1) is 18.6 Å². The first-order chi connectivity index (χ1) is 12.4. The van der Waals surface area contributed by atoms with E-state index in [2.05, 4.69) is 20.6 Å². The Kier molecular flexibility index (Phi) is 5.09. The van der Waals surface area contributed by atoms with E-state index in [1.165, 1.54) is 18.5 Å². The number of hydrogen-bond acceptors (Lipinski definition) is 4. The molecule has 0 aliphatic rings. The third-order valence-electron chi connectivity index (χ3n) is 3.54. The third-order valence-corrected chi connectivity index (χ3v) is 3.78. The highest BCUT2D eigenvalue weighted by Crippen LogP contribution is 2.22. The van der Waals surface area contributed by atoms with Crippen molar-refractivity contribution in [3.05, 3.63) is 76.7 Å². The molecule has 1 heterocycles. The minimum Gasteiger partial charge on any atom is -0.338 e. The minimum absolute atomic E-state index is 0.0298. The molecule has 0 aliphatic carbocycles. The van der Waals surface area contributed by atoms with Gasteiger partial charge >= 0.3 is 0 Å². The van der Waals surface area contributed by atoms with Gasteiger partial charge in [0, 0.05) is 22.8 Å². The Labute approximate surface area is 153 Å². The standard InChI is InChI=1S/C18H13ClF2N4O/c1-10-2-3-11(19)6-15(10)25-18(26)16-8-17(23-9-22-16)24-14-5-4-12(20)7-13(14)21/h2-9H,1H3,(H,25,26)(H,22,23,24). The molecule has 2 aromatic carbocycles. The molecule has 0 radical (unpaired) electrons. The number of halogens is 3. The van der Waals surface area contributed by atoms with Crippen molar-refractivity contribution >= 4 is 34.7 Å². The van der Waals surface area contributed by atoms with Gasteiger partial charge in [-0.05, 0) is 36.8 Å². The van der Waals surface area contributed by atoms with E-state index in [9.17, 15) is 13.6 Å². The van der Waals surface area contributed by atoms with Crippen molar-refractivity contribution in [2.24, 2.45) is 0 Å². The number of aryl methyl sites for hydroxylation is 1. The molecule has 0 spiro atoms. The summed E-state index contributed by atoms with van der Waals surface area (Å²) in [4.78, 5) is 20.2. The van der Waals surface area contributed by atoms with Crippen molar-refractivity contribution in [2.75, 3.05) is 10.6 Å². The lowest BCUT2D eigenvalue weighted by molar-refractivity contribution is 0.102. The summed E-state index contributed by atoms with van der Waals surface area (Å²) >= 11 is 5.94. The van der Waals surface area contributed by atoms with Gasteiger partial charge in [0.25, 0.3) is 5.91 Å². The molecule has 0 saturated heterocycles. The van der Waals surface area contributed by atoms with Gasteiger partial charge in [0.15, 0.2) is 0 Å². The fraction of sp³-hybridized carbons (Fsp3) is 0.0556. The van der Waals surface area contributed by atoms with E-state index in [0.29, 0.717) is 10.7 Å². The molecule has 0 unspecified atom stereocenters. The van der Waals surface area contributed by atoms with E-state index >= 15 is 0 Å². The topological polar surface area (TPSA) is 66.9 Å². The zero-order valence-corrected chi connectivity index (χ0v) is 14.3. The average molecular weight is 375 g/mol. The highest BCUT2D eigenvalue weighted by atomic mass is 35.5. The number of carbonyl (C=O) groups excluding carboxylic acids is 1. The van der Waals surface area contributed by atoms with Gasteiger partial charge in [0.05, 0.1) is 5.69 Å². The Morgan fingerprint density at radius 3 is 2.62 bits per heavy atom. The maximum atomic E-state index is 13.7. The van der Waals surface area contributed by atoms with Crippen molar-refractivity contribution in [1.82, 2.24) is 9.97 Å². The largest absolute Gasteiger partial charge is 0.338 e. The van der Waals surface area contributed by atoms with E-state index in [1.807, 2.05) is 6.92 Å². The van der Waals surface area contributed by atoms with Crippen LogP contribution in [0.1, 0.15) is 16.1 Å². The summed E-state index contributed by atoms with van der Waals surface area (Å²) in [7, 11) is 0. The summed E-state index contributed by atoms with van der Waals surface area (Å²) in [6.45, 7) is 1.83. The first kappa shape index (κ1) is 17.8. The number of amides is 1. The molecule has 26 heavy (non-hydrogen) atoms. The number of anilines is 3. The quantitative estimate of drug-likeness (QED) is 0.694. The number of nitrogens with one attached hydrogen (secondary N) is 2. The van der Waals surface area contributed by atoms with Crippen molar-refractivity contribution in [3.63, 3.8) is 0 Å². The maximum absolute atomic E-state index is 13.7. The average Bonchev–Trinajstić information content (AvgIpc) is 2.61. The number of benzene rings is 2. The highest BCUT2D eigenvalue weighted by molar-refractivity contribution is 6.31. The molecule has 0 bridgehead atoms. The molecule has 0 saturated carbocycles. The van der Waals surface area contributed by atoms with E-state index < -0.39 is 17.5 Å². The molecular formula is C18H13ClF2N4O. The van der Waals surface area contributed by atoms with E-state index in [1.54, 1.807) is 18.2 Å². The summed E-state index contributed by atoms with van der Waals surface area (Å²) in [6, 6.07) is 9.59. The molecule has 3 aromatic rings. The zero-order chi connectivity index (χ0) is 18.7. The predicted molar refractivity (Wildman–Crippen MR) is 95.8 cm³/mol. The number of nitrogens with zero attached hydrogens (tertiary/aromatic N) is 2. The van der Waals surface area contributed by atoms with Crippen LogP contribution in [0.3, 0.4) is 0 Å². The molecule has 5 nitrogen and oxygen atoms in total. The number of aromatic nitrogens is 2. The smallest absolute Gasteiger partial charge is 0.274 e. The Morgan fingerprint density at radius 2 is 1.85 bits per heavy atom. The van der Waals surface area contributed by atoms with Crippen LogP contribution in [-0.4, -0.2) is 15.9 Å². The Balaban J connectivity index is 1.80. The summed E-state index contributed by atoms with van der Waals surface area (Å²) in [6.07, 6.45) is 1.17. The zero-order valence-electron chi connectivity index (χ0n) is 13.6. The molecule has 0 atom stereocenters. The molecule has 8 heteroatoms. The van der Waals surface area contributed by atoms with Gasteiger partial charge in [0.2, 0.25) is 0 Å². The first-order valence-electron chi connectivity index (χ1n) is 7.54. The molecular weight excluding hydrogens is 362 g/mol. The lowest BCUT2D eigenvalue weighted by atomic mass is 10.2. The number of carbonyl (C=O) groups is 1. The number of hydrogen-bond donors (Lipinski definition) is 2. The second-order valence-corrected chi connectivity index (χ2v) is 5.89. The summed E-state index contributed by atoms with van der Waals surface area (Å²) < 4.78 is 26.7. The normalized spacial score (nSPS) is 10.5. The monoisotopic (exact) mass is 374 g/mol. The first-order valence-corrected chi connectivity index (χ1v) is 7.92. The van der Waals surface area contributed by atoms with E-state index in [4.69, 9.17) is 11.6 Å². The molecule has 1 aromatic heterocycles. The Bertz CT molecular complexity index is 981. The lowest BCUT2D eigenvalue weighted by Gasteiger charge is -2.10. The lowest BCUT2D eigenvalue weighted by Crippen LogP contribution is -2.15. The van der Waals surface area contributed by atoms with Crippen LogP contribution in [0.25, 0.3) is 0 Å². The van der Waals surface area contributed by atoms with Crippen molar-refractivity contribution in [1.29, 1.82) is 0 Å². The van der Waals surface area contributed by atoms with Gasteiger partial charge in [-0.15, -0.1) is 0 Å². The van der Waals surface area contributed by atoms with Crippen molar-refractivity contribution < 1.29 is 13.6 Å². The third kappa shape index (κ3) is 4.12. The van der Waals surface area contributed by atoms with Gasteiger partial charge in [-0.3, -0.25) is 4.79 Å². The van der Waals surface area contributed by atoms with Crippen molar-refractivity contribution in [2.45, 2.75) is 6.92 Å². The Morgan fingerprint density at radius 1 is 1.04 bits per heavy atom. The van der Waals surface area contributed by atoms with Gasteiger partial charge in [-0.2, -0.15) is 0 Å². The molecule has 0 aliphatic heterocycles. The second kappa shape index (κ2) is 7.45. The fourth-order valence-electron chi connectivity index (χ4n) is 2.19. The second-order valence-electron chi connectivity index (χ2n) is 5.45. The fourth-order valence-corrected chi connectivity index (χ4v) is 2.37. The van der Waals surface area contributed by atoms with Crippen LogP contribution in [0.5, 0.6) is 0 Å². The van der Waals surface area contributed by atoms with Crippen LogP contribution in [0.4, 0.5) is 26.0 Å². The summed E-state index contributed by atoms with van der Waals surface area (Å²) in [5.41, 5.74) is 1.50. The maximum Gasteiger partial charge on any atom is 0.274 e. The summed E-state index contributed by atoms with van der Waals surface area (Å²) in [5.74, 6) is -1.74. The van der Waals surface area contributed by atoms with Crippen LogP contribution >= 0.6 is 11.6 Å². The SMILES string of the molecule is Cc1ccc(Cl)cc1NC(=O)c1cc(Nc2ccc(F)cc2F)ncn1. The number of rotatable bonds is 4. The van der Waals surface area contributed by atoms with Gasteiger partial charge in [-0.25, -0.2) is 18.7 Å². The van der Waals surface area contributed by atoms with Crippen LogP contribution in [0.15, 0.2) is 48.8 Å². The molecule has 3 rings (SSSR count). The van der Waals surface area contributed by atoms with Gasteiger partial charge in [0.1, 0.15) is 29.5 Å². The Hall–Kier alpha value is -3.06. The molecule has 2 N–H and O–H groups in total. The molecule has 132 valence electrons. The van der Waals surface area contributed by atoms with Crippen LogP contribution in [-0.2, 0) is 0 Å².